The molecule has 0 bridgehead atoms. The third-order valence-electron chi connectivity index (χ3n) is 3.70. The van der Waals surface area contributed by atoms with Crippen molar-refractivity contribution in [1.82, 2.24) is 9.88 Å². The normalized spacial score (nSPS) is 16.0. The molecule has 114 valence electrons. The molecule has 1 aromatic rings. The summed E-state index contributed by atoms with van der Waals surface area (Å²) in [7, 11) is 0. The van der Waals surface area contributed by atoms with Gasteiger partial charge in [0.05, 0.1) is 11.8 Å². The number of hydrogen-bond acceptors (Lipinski definition) is 3. The van der Waals surface area contributed by atoms with E-state index < -0.39 is 11.8 Å². The highest BCUT2D eigenvalue weighted by Gasteiger charge is 2.25. The number of likely N-dealkylation sites (tertiary alicyclic amines) is 1. The van der Waals surface area contributed by atoms with Gasteiger partial charge in [0.25, 0.3) is 5.91 Å². The van der Waals surface area contributed by atoms with Crippen LogP contribution in [0.3, 0.4) is 0 Å². The summed E-state index contributed by atoms with van der Waals surface area (Å²) in [5.41, 5.74) is 0.0700. The Kier molecular flexibility index (Phi) is 5.12. The van der Waals surface area contributed by atoms with Gasteiger partial charge in [-0.3, -0.25) is 9.59 Å². The molecule has 0 aromatic carbocycles. The monoisotopic (exact) mass is 314 g/mol. The summed E-state index contributed by atoms with van der Waals surface area (Å²) < 4.78 is 13.2. The minimum atomic E-state index is -0.800. The van der Waals surface area contributed by atoms with Crippen molar-refractivity contribution in [3.63, 3.8) is 0 Å². The topological polar surface area (TPSA) is 70.5 Å². The smallest absolute Gasteiger partial charge is 0.303 e. The van der Waals surface area contributed by atoms with E-state index in [1.807, 2.05) is 0 Å². The molecule has 0 unspecified atom stereocenters. The van der Waals surface area contributed by atoms with Crippen LogP contribution in [0, 0.1) is 11.7 Å². The molecule has 7 heteroatoms. The van der Waals surface area contributed by atoms with E-state index in [-0.39, 0.29) is 23.0 Å². The van der Waals surface area contributed by atoms with Crippen LogP contribution in [0.1, 0.15) is 36.0 Å². The fourth-order valence-electron chi connectivity index (χ4n) is 2.50. The quantitative estimate of drug-likeness (QED) is 0.867. The number of carboxylic acids is 1. The third-order valence-corrected chi connectivity index (χ3v) is 4.01. The highest BCUT2D eigenvalue weighted by Crippen LogP contribution is 2.24. The largest absolute Gasteiger partial charge is 0.481 e. The Balaban J connectivity index is 1.94. The van der Waals surface area contributed by atoms with E-state index in [0.29, 0.717) is 25.4 Å². The minimum absolute atomic E-state index is 0.00518. The Morgan fingerprint density at radius 2 is 2.10 bits per heavy atom. The van der Waals surface area contributed by atoms with Gasteiger partial charge in [-0.25, -0.2) is 9.37 Å². The van der Waals surface area contributed by atoms with Gasteiger partial charge in [-0.05, 0) is 31.2 Å². The molecule has 1 aliphatic rings. The predicted molar refractivity (Wildman–Crippen MR) is 74.7 cm³/mol. The minimum Gasteiger partial charge on any atom is -0.481 e. The molecule has 0 saturated carbocycles. The van der Waals surface area contributed by atoms with Crippen LogP contribution in [0.2, 0.25) is 5.15 Å². The van der Waals surface area contributed by atoms with Gasteiger partial charge in [0, 0.05) is 19.5 Å². The van der Waals surface area contributed by atoms with E-state index >= 15 is 0 Å². The Bertz CT molecular complexity index is 545. The van der Waals surface area contributed by atoms with Crippen molar-refractivity contribution in [2.75, 3.05) is 13.1 Å². The maximum atomic E-state index is 13.2. The number of pyridine rings is 1. The number of aromatic nitrogens is 1. The number of piperidine rings is 1. The maximum absolute atomic E-state index is 13.2. The molecule has 2 heterocycles. The van der Waals surface area contributed by atoms with E-state index in [2.05, 4.69) is 4.98 Å². The lowest BCUT2D eigenvalue weighted by molar-refractivity contribution is -0.137. The first-order valence-electron chi connectivity index (χ1n) is 6.79. The van der Waals surface area contributed by atoms with Crippen LogP contribution in [0.5, 0.6) is 0 Å². The lowest BCUT2D eigenvalue weighted by Gasteiger charge is -2.32. The second-order valence-corrected chi connectivity index (χ2v) is 5.52. The van der Waals surface area contributed by atoms with E-state index in [4.69, 9.17) is 16.7 Å². The second-order valence-electron chi connectivity index (χ2n) is 5.16. The van der Waals surface area contributed by atoms with Gasteiger partial charge in [0.15, 0.2) is 0 Å². The molecule has 1 saturated heterocycles. The molecule has 5 nitrogen and oxygen atoms in total. The average Bonchev–Trinajstić information content (AvgIpc) is 2.47. The second kappa shape index (κ2) is 6.85. The lowest BCUT2D eigenvalue weighted by atomic mass is 9.92. The number of carboxylic acid groups (broad SMARTS) is 1. The van der Waals surface area contributed by atoms with Gasteiger partial charge in [0.2, 0.25) is 0 Å². The van der Waals surface area contributed by atoms with Crippen LogP contribution in [-0.2, 0) is 4.79 Å². The standard InChI is InChI=1S/C14H16ClFN2O3/c15-13-11(7-10(16)8-17-13)14(21)18-5-3-9(4-6-18)1-2-12(19)20/h7-9H,1-6H2,(H,19,20). The number of carbonyl (C=O) groups is 2. The van der Waals surface area contributed by atoms with Crippen molar-refractivity contribution in [2.45, 2.75) is 25.7 Å². The molecule has 0 radical (unpaired) electrons. The zero-order valence-corrected chi connectivity index (χ0v) is 12.1. The molecule has 2 rings (SSSR count). The number of nitrogens with zero attached hydrogens (tertiary/aromatic N) is 2. The third kappa shape index (κ3) is 4.14. The van der Waals surface area contributed by atoms with Crippen LogP contribution in [0.25, 0.3) is 0 Å². The molecule has 1 fully saturated rings. The maximum Gasteiger partial charge on any atom is 0.303 e. The first-order valence-corrected chi connectivity index (χ1v) is 7.17. The van der Waals surface area contributed by atoms with Crippen LogP contribution >= 0.6 is 11.6 Å². The van der Waals surface area contributed by atoms with Gasteiger partial charge < -0.3 is 10.0 Å². The Hall–Kier alpha value is -1.69. The van der Waals surface area contributed by atoms with Crippen molar-refractivity contribution < 1.29 is 19.1 Å². The summed E-state index contributed by atoms with van der Waals surface area (Å²) in [5, 5.41) is 8.66. The van der Waals surface area contributed by atoms with Gasteiger partial charge in [-0.2, -0.15) is 0 Å². The summed E-state index contributed by atoms with van der Waals surface area (Å²) in [5.74, 6) is -1.42. The van der Waals surface area contributed by atoms with Gasteiger partial charge in [-0.1, -0.05) is 11.6 Å². The summed E-state index contributed by atoms with van der Waals surface area (Å²) in [4.78, 5) is 28.1. The molecule has 0 aliphatic carbocycles. The molecule has 0 atom stereocenters. The van der Waals surface area contributed by atoms with Crippen LogP contribution in [0.15, 0.2) is 12.3 Å². The summed E-state index contributed by atoms with van der Waals surface area (Å²) in [6.07, 6.45) is 3.24. The summed E-state index contributed by atoms with van der Waals surface area (Å²) >= 11 is 5.83. The molecule has 1 aliphatic heterocycles. The number of amides is 1. The van der Waals surface area contributed by atoms with Crippen LogP contribution in [-0.4, -0.2) is 40.0 Å². The molecule has 1 amide bonds. The number of carbonyl (C=O) groups excluding carboxylic acids is 1. The molecular formula is C14H16ClFN2O3. The molecular weight excluding hydrogens is 299 g/mol. The molecule has 0 spiro atoms. The van der Waals surface area contributed by atoms with E-state index in [1.165, 1.54) is 0 Å². The Morgan fingerprint density at radius 1 is 1.43 bits per heavy atom. The summed E-state index contributed by atoms with van der Waals surface area (Å²) in [6, 6.07) is 1.09. The van der Waals surface area contributed by atoms with Crippen LogP contribution < -0.4 is 0 Å². The van der Waals surface area contributed by atoms with Crippen molar-refractivity contribution in [3.8, 4) is 0 Å². The number of halogens is 2. The zero-order chi connectivity index (χ0) is 15.4. The number of rotatable bonds is 4. The molecule has 21 heavy (non-hydrogen) atoms. The predicted octanol–water partition coefficient (Wildman–Crippen LogP) is 2.59. The molecule has 1 N–H and O–H groups in total. The summed E-state index contributed by atoms with van der Waals surface area (Å²) in [6.45, 7) is 1.05. The first kappa shape index (κ1) is 15.7. The highest BCUT2D eigenvalue weighted by atomic mass is 35.5. The van der Waals surface area contributed by atoms with Crippen molar-refractivity contribution in [3.05, 3.63) is 28.8 Å². The first-order chi connectivity index (χ1) is 9.97. The number of aliphatic carboxylic acids is 1. The van der Waals surface area contributed by atoms with Crippen LogP contribution in [0.4, 0.5) is 4.39 Å². The average molecular weight is 315 g/mol. The van der Waals surface area contributed by atoms with E-state index in [9.17, 15) is 14.0 Å². The highest BCUT2D eigenvalue weighted by molar-refractivity contribution is 6.32. The lowest BCUT2D eigenvalue weighted by Crippen LogP contribution is -2.38. The number of hydrogen-bond donors (Lipinski definition) is 1. The molecule has 1 aromatic heterocycles. The van der Waals surface area contributed by atoms with Crippen molar-refractivity contribution in [2.24, 2.45) is 5.92 Å². The fourth-order valence-corrected chi connectivity index (χ4v) is 2.68. The van der Waals surface area contributed by atoms with Crippen molar-refractivity contribution in [1.29, 1.82) is 0 Å². The fraction of sp³-hybridized carbons (Fsp3) is 0.500. The van der Waals surface area contributed by atoms with Gasteiger partial charge in [0.1, 0.15) is 11.0 Å². The van der Waals surface area contributed by atoms with E-state index in [1.54, 1.807) is 4.90 Å². The Morgan fingerprint density at radius 3 is 2.71 bits per heavy atom. The SMILES string of the molecule is O=C(O)CCC1CCN(C(=O)c2cc(F)cnc2Cl)CC1. The van der Waals surface area contributed by atoms with E-state index in [0.717, 1.165) is 25.1 Å². The van der Waals surface area contributed by atoms with Gasteiger partial charge >= 0.3 is 5.97 Å². The zero-order valence-electron chi connectivity index (χ0n) is 11.4. The Labute approximate surface area is 126 Å². The van der Waals surface area contributed by atoms with Crippen molar-refractivity contribution >= 4 is 23.5 Å². The van der Waals surface area contributed by atoms with Gasteiger partial charge in [-0.15, -0.1) is 0 Å².